The van der Waals surface area contributed by atoms with E-state index in [1.165, 1.54) is 12.8 Å². The summed E-state index contributed by atoms with van der Waals surface area (Å²) < 4.78 is 7.13. The highest BCUT2D eigenvalue weighted by Crippen LogP contribution is 2.56. The maximum absolute atomic E-state index is 11.7. The van der Waals surface area contributed by atoms with Gasteiger partial charge in [-0.25, -0.2) is 9.78 Å². The lowest BCUT2D eigenvalue weighted by atomic mass is 9.94. The SMILES string of the molecule is CCOC(=O)c1cn2c(n1)NCCC2C1(C)CC1. The molecule has 2 aliphatic rings. The van der Waals surface area contributed by atoms with E-state index in [0.717, 1.165) is 18.9 Å². The van der Waals surface area contributed by atoms with Crippen LogP contribution in [0, 0.1) is 5.41 Å². The molecule has 0 bridgehead atoms. The standard InChI is InChI=1S/C13H19N3O2/c1-3-18-11(17)9-8-16-10(13(2)5-6-13)4-7-14-12(16)15-9/h8,10H,3-7H2,1-2H3,(H,14,15). The van der Waals surface area contributed by atoms with Crippen LogP contribution in [0.3, 0.4) is 0 Å². The van der Waals surface area contributed by atoms with Crippen molar-refractivity contribution in [3.05, 3.63) is 11.9 Å². The minimum absolute atomic E-state index is 0.332. The van der Waals surface area contributed by atoms with E-state index in [2.05, 4.69) is 21.8 Å². The molecule has 3 rings (SSSR count). The second-order valence-electron chi connectivity index (χ2n) is 5.46. The molecule has 98 valence electrons. The highest BCUT2D eigenvalue weighted by molar-refractivity contribution is 5.87. The Balaban J connectivity index is 1.90. The molecule has 1 atom stereocenters. The van der Waals surface area contributed by atoms with Crippen molar-refractivity contribution in [2.45, 2.75) is 39.2 Å². The first kappa shape index (κ1) is 11.6. The second kappa shape index (κ2) is 4.00. The van der Waals surface area contributed by atoms with E-state index < -0.39 is 0 Å². The summed E-state index contributed by atoms with van der Waals surface area (Å²) in [5.74, 6) is 0.475. The van der Waals surface area contributed by atoms with Crippen molar-refractivity contribution in [1.29, 1.82) is 0 Å². The summed E-state index contributed by atoms with van der Waals surface area (Å²) in [6, 6.07) is 0.462. The molecule has 1 aromatic rings. The predicted molar refractivity (Wildman–Crippen MR) is 67.7 cm³/mol. The lowest BCUT2D eigenvalue weighted by Gasteiger charge is -2.30. The van der Waals surface area contributed by atoms with Crippen LogP contribution < -0.4 is 5.32 Å². The first-order valence-corrected chi connectivity index (χ1v) is 6.64. The number of rotatable bonds is 3. The largest absolute Gasteiger partial charge is 0.461 e. The van der Waals surface area contributed by atoms with Gasteiger partial charge in [-0.1, -0.05) is 6.92 Å². The molecule has 0 aromatic carbocycles. The van der Waals surface area contributed by atoms with Gasteiger partial charge in [0.1, 0.15) is 0 Å². The lowest BCUT2D eigenvalue weighted by molar-refractivity contribution is 0.0520. The number of imidazole rings is 1. The van der Waals surface area contributed by atoms with Crippen LogP contribution in [0.4, 0.5) is 5.95 Å². The Morgan fingerprint density at radius 2 is 2.44 bits per heavy atom. The maximum atomic E-state index is 11.7. The summed E-state index contributed by atoms with van der Waals surface area (Å²) in [5, 5.41) is 3.25. The van der Waals surface area contributed by atoms with Crippen LogP contribution >= 0.6 is 0 Å². The molecular weight excluding hydrogens is 230 g/mol. The molecule has 1 saturated carbocycles. The minimum atomic E-state index is -0.332. The smallest absolute Gasteiger partial charge is 0.358 e. The van der Waals surface area contributed by atoms with Crippen LogP contribution in [0.25, 0.3) is 0 Å². The molecule has 5 heteroatoms. The zero-order valence-electron chi connectivity index (χ0n) is 10.9. The average Bonchev–Trinajstić information content (AvgIpc) is 2.94. The van der Waals surface area contributed by atoms with Crippen LogP contribution in [0.5, 0.6) is 0 Å². The molecule has 1 fully saturated rings. The molecule has 1 unspecified atom stereocenters. The monoisotopic (exact) mass is 249 g/mol. The van der Waals surface area contributed by atoms with Crippen LogP contribution in [0.2, 0.25) is 0 Å². The Kier molecular flexibility index (Phi) is 2.57. The van der Waals surface area contributed by atoms with Gasteiger partial charge in [-0.05, 0) is 31.6 Å². The third-order valence-corrected chi connectivity index (χ3v) is 4.10. The van der Waals surface area contributed by atoms with Crippen molar-refractivity contribution in [3.63, 3.8) is 0 Å². The summed E-state index contributed by atoms with van der Waals surface area (Å²) in [5.41, 5.74) is 0.805. The Hall–Kier alpha value is -1.52. The van der Waals surface area contributed by atoms with Gasteiger partial charge in [0.05, 0.1) is 6.61 Å². The Labute approximate surface area is 107 Å². The molecule has 1 aromatic heterocycles. The number of ether oxygens (including phenoxy) is 1. The van der Waals surface area contributed by atoms with Gasteiger partial charge in [0, 0.05) is 18.8 Å². The van der Waals surface area contributed by atoms with Gasteiger partial charge in [0.2, 0.25) is 5.95 Å². The third kappa shape index (κ3) is 1.78. The zero-order chi connectivity index (χ0) is 12.8. The number of anilines is 1. The predicted octanol–water partition coefficient (Wildman–Crippen LogP) is 2.22. The van der Waals surface area contributed by atoms with Gasteiger partial charge in [-0.3, -0.25) is 0 Å². The fourth-order valence-electron chi connectivity index (χ4n) is 2.74. The Bertz CT molecular complexity index is 477. The molecule has 0 saturated heterocycles. The normalized spacial score (nSPS) is 24.0. The van der Waals surface area contributed by atoms with Crippen LogP contribution in [-0.2, 0) is 4.74 Å². The van der Waals surface area contributed by atoms with E-state index in [0.29, 0.717) is 23.8 Å². The first-order valence-electron chi connectivity index (χ1n) is 6.64. The topological polar surface area (TPSA) is 56.2 Å². The van der Waals surface area contributed by atoms with E-state index in [-0.39, 0.29) is 5.97 Å². The molecule has 2 heterocycles. The summed E-state index contributed by atoms with van der Waals surface area (Å²) >= 11 is 0. The molecule has 18 heavy (non-hydrogen) atoms. The van der Waals surface area contributed by atoms with Crippen molar-refractivity contribution < 1.29 is 9.53 Å². The number of nitrogens with zero attached hydrogens (tertiary/aromatic N) is 2. The van der Waals surface area contributed by atoms with Gasteiger partial charge >= 0.3 is 5.97 Å². The van der Waals surface area contributed by atoms with E-state index >= 15 is 0 Å². The van der Waals surface area contributed by atoms with Crippen LogP contribution in [0.1, 0.15) is 49.6 Å². The molecule has 0 spiro atoms. The number of hydrogen-bond acceptors (Lipinski definition) is 4. The lowest BCUT2D eigenvalue weighted by Crippen LogP contribution is -2.27. The van der Waals surface area contributed by atoms with Crippen molar-refractivity contribution in [2.75, 3.05) is 18.5 Å². The molecule has 1 aliphatic heterocycles. The molecular formula is C13H19N3O2. The van der Waals surface area contributed by atoms with E-state index in [1.54, 1.807) is 6.92 Å². The van der Waals surface area contributed by atoms with Crippen molar-refractivity contribution in [2.24, 2.45) is 5.41 Å². The zero-order valence-corrected chi connectivity index (χ0v) is 10.9. The van der Waals surface area contributed by atoms with Gasteiger partial charge in [-0.2, -0.15) is 0 Å². The molecule has 0 amide bonds. The number of fused-ring (bicyclic) bond motifs is 1. The summed E-state index contributed by atoms with van der Waals surface area (Å²) in [6.07, 6.45) is 5.48. The number of nitrogens with one attached hydrogen (secondary N) is 1. The number of aromatic nitrogens is 2. The molecule has 1 N–H and O–H groups in total. The van der Waals surface area contributed by atoms with Gasteiger partial charge < -0.3 is 14.6 Å². The summed E-state index contributed by atoms with van der Waals surface area (Å²) in [7, 11) is 0. The quantitative estimate of drug-likeness (QED) is 0.834. The van der Waals surface area contributed by atoms with Gasteiger partial charge in [0.25, 0.3) is 0 Å². The number of hydrogen-bond donors (Lipinski definition) is 1. The van der Waals surface area contributed by atoms with Crippen molar-refractivity contribution in [3.8, 4) is 0 Å². The molecule has 5 nitrogen and oxygen atoms in total. The maximum Gasteiger partial charge on any atom is 0.358 e. The number of carbonyl (C=O) groups is 1. The summed E-state index contributed by atoms with van der Waals surface area (Å²) in [6.45, 7) is 5.44. The van der Waals surface area contributed by atoms with Crippen LogP contribution in [0.15, 0.2) is 6.20 Å². The Morgan fingerprint density at radius 3 is 3.11 bits per heavy atom. The minimum Gasteiger partial charge on any atom is -0.461 e. The highest BCUT2D eigenvalue weighted by Gasteiger charge is 2.47. The number of esters is 1. The van der Waals surface area contributed by atoms with Crippen molar-refractivity contribution >= 4 is 11.9 Å². The fourth-order valence-corrected chi connectivity index (χ4v) is 2.74. The number of carbonyl (C=O) groups excluding carboxylic acids is 1. The van der Waals surface area contributed by atoms with E-state index in [1.807, 2.05) is 6.20 Å². The Morgan fingerprint density at radius 1 is 1.67 bits per heavy atom. The second-order valence-corrected chi connectivity index (χ2v) is 5.46. The van der Waals surface area contributed by atoms with E-state index in [9.17, 15) is 4.79 Å². The first-order chi connectivity index (χ1) is 8.64. The summed E-state index contributed by atoms with van der Waals surface area (Å²) in [4.78, 5) is 16.0. The highest BCUT2D eigenvalue weighted by atomic mass is 16.5. The van der Waals surface area contributed by atoms with Gasteiger partial charge in [-0.15, -0.1) is 0 Å². The average molecular weight is 249 g/mol. The fraction of sp³-hybridized carbons (Fsp3) is 0.692. The van der Waals surface area contributed by atoms with Crippen molar-refractivity contribution in [1.82, 2.24) is 9.55 Å². The molecule has 1 aliphatic carbocycles. The van der Waals surface area contributed by atoms with Gasteiger partial charge in [0.15, 0.2) is 5.69 Å². The van der Waals surface area contributed by atoms with E-state index in [4.69, 9.17) is 4.74 Å². The molecule has 0 radical (unpaired) electrons. The van der Waals surface area contributed by atoms with Crippen LogP contribution in [-0.4, -0.2) is 28.7 Å². The third-order valence-electron chi connectivity index (χ3n) is 4.10.